The Kier molecular flexibility index (Phi) is 3.40. The van der Waals surface area contributed by atoms with Crippen molar-refractivity contribution in [2.75, 3.05) is 7.11 Å². The van der Waals surface area contributed by atoms with Crippen LogP contribution in [0, 0.1) is 0 Å². The average molecular weight is 233 g/mol. The van der Waals surface area contributed by atoms with E-state index in [1.54, 1.807) is 24.5 Å². The molecule has 0 spiro atoms. The second kappa shape index (κ2) is 5.16. The monoisotopic (exact) mass is 233 g/mol. The predicted octanol–water partition coefficient (Wildman–Crippen LogP) is 2.04. The predicted molar refractivity (Wildman–Crippen MR) is 58.6 cm³/mol. The molecule has 0 aliphatic rings. The van der Waals surface area contributed by atoms with Crippen molar-refractivity contribution in [3.8, 4) is 5.88 Å². The van der Waals surface area contributed by atoms with E-state index in [-0.39, 0.29) is 6.61 Å². The fourth-order valence-electron chi connectivity index (χ4n) is 1.27. The number of hydrogen-bond acceptors (Lipinski definition) is 5. The molecule has 0 aromatic carbocycles. The number of methoxy groups -OCH3 is 1. The minimum absolute atomic E-state index is 0.268. The molecule has 0 N–H and O–H groups in total. The van der Waals surface area contributed by atoms with Crippen LogP contribution in [0.4, 0.5) is 0 Å². The molecule has 0 amide bonds. The molecule has 2 rings (SSSR count). The maximum Gasteiger partial charge on any atom is 0.338 e. The van der Waals surface area contributed by atoms with Crippen molar-refractivity contribution in [1.29, 1.82) is 0 Å². The number of esters is 1. The van der Waals surface area contributed by atoms with Crippen molar-refractivity contribution in [2.45, 2.75) is 6.61 Å². The summed E-state index contributed by atoms with van der Waals surface area (Å²) >= 11 is 0. The molecule has 0 saturated carbocycles. The zero-order chi connectivity index (χ0) is 12.1. The fraction of sp³-hybridized carbons (Fsp3) is 0.167. The fourth-order valence-corrected chi connectivity index (χ4v) is 1.27. The van der Waals surface area contributed by atoms with E-state index >= 15 is 0 Å². The van der Waals surface area contributed by atoms with Crippen LogP contribution < -0.4 is 4.74 Å². The molecular formula is C12H11NO4. The number of nitrogens with zero attached hydrogens (tertiary/aromatic N) is 1. The summed E-state index contributed by atoms with van der Waals surface area (Å²) in [6, 6.07) is 6.65. The van der Waals surface area contributed by atoms with Gasteiger partial charge in [0.15, 0.2) is 0 Å². The third-order valence-corrected chi connectivity index (χ3v) is 2.10. The van der Waals surface area contributed by atoms with Crippen LogP contribution >= 0.6 is 0 Å². The quantitative estimate of drug-likeness (QED) is 0.756. The van der Waals surface area contributed by atoms with Crippen LogP contribution in [0.25, 0.3) is 0 Å². The van der Waals surface area contributed by atoms with Crippen molar-refractivity contribution in [2.24, 2.45) is 0 Å². The van der Waals surface area contributed by atoms with Gasteiger partial charge in [-0.1, -0.05) is 0 Å². The Hall–Kier alpha value is -2.30. The van der Waals surface area contributed by atoms with Gasteiger partial charge in [-0.05, 0) is 18.2 Å². The number of ether oxygens (including phenoxy) is 2. The molecular weight excluding hydrogens is 222 g/mol. The van der Waals surface area contributed by atoms with Gasteiger partial charge in [-0.15, -0.1) is 0 Å². The highest BCUT2D eigenvalue weighted by Crippen LogP contribution is 2.12. The molecule has 0 unspecified atom stereocenters. The van der Waals surface area contributed by atoms with Gasteiger partial charge in [0.25, 0.3) is 0 Å². The summed E-state index contributed by atoms with van der Waals surface area (Å²) in [7, 11) is 1.33. The van der Waals surface area contributed by atoms with Crippen LogP contribution in [0.5, 0.6) is 5.88 Å². The smallest absolute Gasteiger partial charge is 0.338 e. The highest BCUT2D eigenvalue weighted by atomic mass is 16.5. The first-order valence-corrected chi connectivity index (χ1v) is 4.99. The van der Waals surface area contributed by atoms with Crippen molar-refractivity contribution < 1.29 is 18.7 Å². The second-order valence-corrected chi connectivity index (χ2v) is 3.24. The molecule has 2 aromatic heterocycles. The number of rotatable bonds is 4. The first-order chi connectivity index (χ1) is 8.29. The minimum atomic E-state index is -0.421. The maximum atomic E-state index is 11.3. The van der Waals surface area contributed by atoms with E-state index < -0.39 is 5.97 Å². The molecule has 0 aliphatic heterocycles. The van der Waals surface area contributed by atoms with Crippen LogP contribution in [-0.2, 0) is 11.3 Å². The Labute approximate surface area is 98.0 Å². The summed E-state index contributed by atoms with van der Waals surface area (Å²) in [5, 5.41) is 0. The van der Waals surface area contributed by atoms with Gasteiger partial charge < -0.3 is 13.9 Å². The lowest BCUT2D eigenvalue weighted by molar-refractivity contribution is 0.0600. The summed E-state index contributed by atoms with van der Waals surface area (Å²) in [5.74, 6) is 0.620. The Morgan fingerprint density at radius 2 is 2.35 bits per heavy atom. The number of aromatic nitrogens is 1. The second-order valence-electron chi connectivity index (χ2n) is 3.24. The lowest BCUT2D eigenvalue weighted by Crippen LogP contribution is -2.03. The van der Waals surface area contributed by atoms with Crippen molar-refractivity contribution in [3.05, 3.63) is 48.0 Å². The summed E-state index contributed by atoms with van der Waals surface area (Å²) in [4.78, 5) is 15.3. The largest absolute Gasteiger partial charge is 0.469 e. The first-order valence-electron chi connectivity index (χ1n) is 4.99. The molecule has 17 heavy (non-hydrogen) atoms. The van der Waals surface area contributed by atoms with Gasteiger partial charge in [-0.3, -0.25) is 0 Å². The Morgan fingerprint density at radius 1 is 1.47 bits per heavy atom. The molecule has 88 valence electrons. The third-order valence-electron chi connectivity index (χ3n) is 2.10. The number of furan rings is 1. The summed E-state index contributed by atoms with van der Waals surface area (Å²) in [5.41, 5.74) is 0.400. The van der Waals surface area contributed by atoms with Gasteiger partial charge in [-0.25, -0.2) is 9.78 Å². The summed E-state index contributed by atoms with van der Waals surface area (Å²) in [6.45, 7) is 0.268. The lowest BCUT2D eigenvalue weighted by atomic mass is 10.3. The van der Waals surface area contributed by atoms with Gasteiger partial charge in [0.1, 0.15) is 12.4 Å². The summed E-state index contributed by atoms with van der Waals surface area (Å²) < 4.78 is 15.1. The van der Waals surface area contributed by atoms with Crippen LogP contribution in [-0.4, -0.2) is 18.1 Å². The first kappa shape index (κ1) is 11.2. The standard InChI is InChI=1S/C12H11NO4/c1-15-12(14)9-4-5-13-11(7-9)17-8-10-3-2-6-16-10/h2-7H,8H2,1H3. The molecule has 5 heteroatoms. The normalized spacial score (nSPS) is 9.94. The van der Waals surface area contributed by atoms with Crippen LogP contribution in [0.15, 0.2) is 41.1 Å². The van der Waals surface area contributed by atoms with E-state index in [1.165, 1.54) is 19.4 Å². The van der Waals surface area contributed by atoms with Crippen LogP contribution in [0.2, 0.25) is 0 Å². The Bertz CT molecular complexity index is 493. The molecule has 0 bridgehead atoms. The molecule has 0 radical (unpaired) electrons. The molecule has 2 aromatic rings. The average Bonchev–Trinajstić information content (AvgIpc) is 2.89. The van der Waals surface area contributed by atoms with Crippen molar-refractivity contribution in [1.82, 2.24) is 4.98 Å². The molecule has 0 aliphatic carbocycles. The van der Waals surface area contributed by atoms with Gasteiger partial charge in [-0.2, -0.15) is 0 Å². The van der Waals surface area contributed by atoms with E-state index in [0.29, 0.717) is 17.2 Å². The zero-order valence-corrected chi connectivity index (χ0v) is 9.25. The van der Waals surface area contributed by atoms with Gasteiger partial charge >= 0.3 is 5.97 Å². The van der Waals surface area contributed by atoms with Crippen molar-refractivity contribution >= 4 is 5.97 Å². The van der Waals surface area contributed by atoms with Crippen molar-refractivity contribution in [3.63, 3.8) is 0 Å². The van der Waals surface area contributed by atoms with Gasteiger partial charge in [0, 0.05) is 12.3 Å². The van der Waals surface area contributed by atoms with E-state index in [9.17, 15) is 4.79 Å². The minimum Gasteiger partial charge on any atom is -0.469 e. The van der Waals surface area contributed by atoms with Crippen LogP contribution in [0.1, 0.15) is 16.1 Å². The number of carbonyl (C=O) groups excluding carboxylic acids is 1. The van der Waals surface area contributed by atoms with Gasteiger partial charge in [0.2, 0.25) is 5.88 Å². The SMILES string of the molecule is COC(=O)c1ccnc(OCc2ccco2)c1. The molecule has 0 atom stereocenters. The Balaban J connectivity index is 2.03. The topological polar surface area (TPSA) is 61.6 Å². The molecule has 5 nitrogen and oxygen atoms in total. The number of pyridine rings is 1. The summed E-state index contributed by atoms with van der Waals surface area (Å²) in [6.07, 6.45) is 3.06. The molecule has 0 saturated heterocycles. The van der Waals surface area contributed by atoms with E-state index in [2.05, 4.69) is 9.72 Å². The van der Waals surface area contributed by atoms with E-state index in [0.717, 1.165) is 0 Å². The highest BCUT2D eigenvalue weighted by Gasteiger charge is 2.07. The number of hydrogen-bond donors (Lipinski definition) is 0. The zero-order valence-electron chi connectivity index (χ0n) is 9.25. The van der Waals surface area contributed by atoms with E-state index in [4.69, 9.17) is 9.15 Å². The third kappa shape index (κ3) is 2.84. The lowest BCUT2D eigenvalue weighted by Gasteiger charge is -2.04. The highest BCUT2D eigenvalue weighted by molar-refractivity contribution is 5.89. The van der Waals surface area contributed by atoms with Crippen LogP contribution in [0.3, 0.4) is 0 Å². The van der Waals surface area contributed by atoms with E-state index in [1.807, 2.05) is 0 Å². The number of carbonyl (C=O) groups is 1. The molecule has 2 heterocycles. The molecule has 0 fully saturated rings. The maximum absolute atomic E-state index is 11.3. The Morgan fingerprint density at radius 3 is 3.06 bits per heavy atom. The van der Waals surface area contributed by atoms with Gasteiger partial charge in [0.05, 0.1) is 18.9 Å².